The molecule has 0 N–H and O–H groups in total. The van der Waals surface area contributed by atoms with Gasteiger partial charge in [0.15, 0.2) is 0 Å². The number of ether oxygens (including phenoxy) is 1. The van der Waals surface area contributed by atoms with Crippen LogP contribution in [-0.4, -0.2) is 4.98 Å². The minimum Gasteiger partial charge on any atom is -0.437 e. The maximum atomic E-state index is 13.0. The number of alkyl halides is 1. The third kappa shape index (κ3) is 3.09. The van der Waals surface area contributed by atoms with Crippen molar-refractivity contribution in [1.29, 1.82) is 0 Å². The van der Waals surface area contributed by atoms with E-state index in [9.17, 15) is 8.78 Å². The van der Waals surface area contributed by atoms with Crippen molar-refractivity contribution in [3.05, 3.63) is 52.7 Å². The summed E-state index contributed by atoms with van der Waals surface area (Å²) in [7, 11) is 0. The van der Waals surface area contributed by atoms with Crippen molar-refractivity contribution in [2.75, 3.05) is 0 Å². The van der Waals surface area contributed by atoms with Gasteiger partial charge in [-0.2, -0.15) is 0 Å². The highest BCUT2D eigenvalue weighted by Crippen LogP contribution is 2.28. The molecule has 1 aromatic heterocycles. The molecule has 0 radical (unpaired) electrons. The number of benzene rings is 1. The first-order valence-corrected chi connectivity index (χ1v) is 5.84. The van der Waals surface area contributed by atoms with Crippen molar-refractivity contribution in [2.24, 2.45) is 0 Å². The Morgan fingerprint density at radius 1 is 1.11 bits per heavy atom. The monoisotopic (exact) mass is 289 g/mol. The molecule has 0 fully saturated rings. The Kier molecular flexibility index (Phi) is 3.99. The van der Waals surface area contributed by atoms with Crippen molar-refractivity contribution < 1.29 is 13.5 Å². The quantitative estimate of drug-likeness (QED) is 0.774. The second kappa shape index (κ2) is 5.50. The van der Waals surface area contributed by atoms with E-state index in [4.69, 9.17) is 27.9 Å². The average Bonchev–Trinajstić information content (AvgIpc) is 2.30. The summed E-state index contributed by atoms with van der Waals surface area (Å²) in [4.78, 5) is 3.92. The van der Waals surface area contributed by atoms with Gasteiger partial charge in [-0.25, -0.2) is 13.8 Å². The van der Waals surface area contributed by atoms with E-state index in [1.807, 2.05) is 0 Å². The van der Waals surface area contributed by atoms with Crippen molar-refractivity contribution in [3.63, 3.8) is 0 Å². The van der Waals surface area contributed by atoms with E-state index in [-0.39, 0.29) is 22.5 Å². The second-order valence-corrected chi connectivity index (χ2v) is 4.15. The van der Waals surface area contributed by atoms with E-state index in [0.29, 0.717) is 0 Å². The van der Waals surface area contributed by atoms with Crippen LogP contribution in [-0.2, 0) is 5.88 Å². The zero-order valence-corrected chi connectivity index (χ0v) is 10.5. The molecule has 2 nitrogen and oxygen atoms in total. The van der Waals surface area contributed by atoms with E-state index < -0.39 is 11.6 Å². The molecule has 0 atom stereocenters. The largest absolute Gasteiger partial charge is 0.437 e. The fraction of sp³-hybridized carbons (Fsp3) is 0.0833. The smallest absolute Gasteiger partial charge is 0.238 e. The molecule has 1 heterocycles. The Bertz CT molecular complexity index is 558. The van der Waals surface area contributed by atoms with Gasteiger partial charge in [-0.3, -0.25) is 0 Å². The molecule has 2 aromatic rings. The first-order chi connectivity index (χ1) is 8.58. The van der Waals surface area contributed by atoms with Gasteiger partial charge >= 0.3 is 0 Å². The average molecular weight is 290 g/mol. The molecule has 6 heteroatoms. The SMILES string of the molecule is Fc1cc(F)cc(Oc2ncc(CCl)cc2Cl)c1. The Morgan fingerprint density at radius 3 is 2.33 bits per heavy atom. The number of nitrogens with zero attached hydrogens (tertiary/aromatic N) is 1. The van der Waals surface area contributed by atoms with Gasteiger partial charge in [-0.1, -0.05) is 11.6 Å². The van der Waals surface area contributed by atoms with E-state index in [1.165, 1.54) is 6.20 Å². The molecular weight excluding hydrogens is 283 g/mol. The molecular formula is C12H7Cl2F2NO. The summed E-state index contributed by atoms with van der Waals surface area (Å²) in [6.45, 7) is 0. The summed E-state index contributed by atoms with van der Waals surface area (Å²) >= 11 is 11.5. The van der Waals surface area contributed by atoms with E-state index >= 15 is 0 Å². The number of aromatic nitrogens is 1. The van der Waals surface area contributed by atoms with E-state index in [0.717, 1.165) is 23.8 Å². The number of pyridine rings is 1. The van der Waals surface area contributed by atoms with Crippen molar-refractivity contribution in [1.82, 2.24) is 4.98 Å². The first-order valence-electron chi connectivity index (χ1n) is 4.93. The highest BCUT2D eigenvalue weighted by molar-refractivity contribution is 6.32. The molecule has 0 spiro atoms. The summed E-state index contributed by atoms with van der Waals surface area (Å²) < 4.78 is 31.1. The summed E-state index contributed by atoms with van der Waals surface area (Å²) in [5.41, 5.74) is 0.722. The Morgan fingerprint density at radius 2 is 1.78 bits per heavy atom. The van der Waals surface area contributed by atoms with Gasteiger partial charge in [-0.05, 0) is 11.6 Å². The van der Waals surface area contributed by atoms with Crippen LogP contribution in [0.1, 0.15) is 5.56 Å². The Balaban J connectivity index is 2.28. The van der Waals surface area contributed by atoms with E-state index in [1.54, 1.807) is 6.07 Å². The number of halogens is 4. The van der Waals surface area contributed by atoms with Crippen LogP contribution in [0.4, 0.5) is 8.78 Å². The van der Waals surface area contributed by atoms with Crippen LogP contribution in [0.5, 0.6) is 11.6 Å². The van der Waals surface area contributed by atoms with Crippen LogP contribution >= 0.6 is 23.2 Å². The third-order valence-electron chi connectivity index (χ3n) is 2.07. The standard InChI is InChI=1S/C12H7Cl2F2NO/c13-5-7-1-11(14)12(17-6-7)18-10-3-8(15)2-9(16)4-10/h1-4,6H,5H2. The van der Waals surface area contributed by atoms with Gasteiger partial charge in [0.1, 0.15) is 22.4 Å². The summed E-state index contributed by atoms with van der Waals surface area (Å²) in [5, 5.41) is 0.220. The highest BCUT2D eigenvalue weighted by Gasteiger charge is 2.08. The van der Waals surface area contributed by atoms with Crippen molar-refractivity contribution in [2.45, 2.75) is 5.88 Å². The maximum absolute atomic E-state index is 13.0. The number of rotatable bonds is 3. The van der Waals surface area contributed by atoms with Gasteiger partial charge in [0.05, 0.1) is 0 Å². The molecule has 0 aliphatic carbocycles. The molecule has 0 aliphatic heterocycles. The lowest BCUT2D eigenvalue weighted by Gasteiger charge is -2.07. The molecule has 0 aliphatic rings. The lowest BCUT2D eigenvalue weighted by Crippen LogP contribution is -1.92. The molecule has 0 saturated heterocycles. The molecule has 0 saturated carbocycles. The second-order valence-electron chi connectivity index (χ2n) is 3.47. The first kappa shape index (κ1) is 13.1. The fourth-order valence-electron chi connectivity index (χ4n) is 1.31. The zero-order valence-electron chi connectivity index (χ0n) is 8.96. The molecule has 2 rings (SSSR count). The van der Waals surface area contributed by atoms with Gasteiger partial charge < -0.3 is 4.74 Å². The van der Waals surface area contributed by atoms with Crippen LogP contribution in [0.2, 0.25) is 5.02 Å². The minimum absolute atomic E-state index is 0.0134. The highest BCUT2D eigenvalue weighted by atomic mass is 35.5. The molecule has 94 valence electrons. The zero-order chi connectivity index (χ0) is 13.1. The third-order valence-corrected chi connectivity index (χ3v) is 2.65. The maximum Gasteiger partial charge on any atom is 0.238 e. The van der Waals surface area contributed by atoms with E-state index in [2.05, 4.69) is 4.98 Å². The minimum atomic E-state index is -0.737. The van der Waals surface area contributed by atoms with Crippen molar-refractivity contribution in [3.8, 4) is 11.6 Å². The van der Waals surface area contributed by atoms with Crippen LogP contribution in [0.25, 0.3) is 0 Å². The van der Waals surface area contributed by atoms with Crippen LogP contribution < -0.4 is 4.74 Å². The predicted molar refractivity (Wildman–Crippen MR) is 65.2 cm³/mol. The molecule has 0 bridgehead atoms. The number of hydrogen-bond donors (Lipinski definition) is 0. The predicted octanol–water partition coefficient (Wildman–Crippen LogP) is 4.54. The fourth-order valence-corrected chi connectivity index (χ4v) is 1.69. The van der Waals surface area contributed by atoms with Crippen LogP contribution in [0, 0.1) is 11.6 Å². The Hall–Kier alpha value is -1.39. The van der Waals surface area contributed by atoms with Gasteiger partial charge in [0, 0.05) is 30.3 Å². The lowest BCUT2D eigenvalue weighted by molar-refractivity contribution is 0.451. The lowest BCUT2D eigenvalue weighted by atomic mass is 10.3. The molecule has 0 amide bonds. The normalized spacial score (nSPS) is 10.4. The summed E-state index contributed by atoms with van der Waals surface area (Å²) in [6.07, 6.45) is 1.48. The molecule has 1 aromatic carbocycles. The Labute approximate surface area is 112 Å². The summed E-state index contributed by atoms with van der Waals surface area (Å²) in [6, 6.07) is 4.40. The summed E-state index contributed by atoms with van der Waals surface area (Å²) in [5.74, 6) is -1.16. The van der Waals surface area contributed by atoms with Crippen molar-refractivity contribution >= 4 is 23.2 Å². The van der Waals surface area contributed by atoms with Crippen LogP contribution in [0.3, 0.4) is 0 Å². The topological polar surface area (TPSA) is 22.1 Å². The van der Waals surface area contributed by atoms with Gasteiger partial charge in [-0.15, -0.1) is 11.6 Å². The van der Waals surface area contributed by atoms with Crippen LogP contribution in [0.15, 0.2) is 30.5 Å². The molecule has 18 heavy (non-hydrogen) atoms. The number of hydrogen-bond acceptors (Lipinski definition) is 2. The van der Waals surface area contributed by atoms with Gasteiger partial charge in [0.25, 0.3) is 0 Å². The molecule has 0 unspecified atom stereocenters. The van der Waals surface area contributed by atoms with Gasteiger partial charge in [0.2, 0.25) is 5.88 Å².